The van der Waals surface area contributed by atoms with Crippen LogP contribution in [0.25, 0.3) is 0 Å². The predicted octanol–water partition coefficient (Wildman–Crippen LogP) is 3.44. The number of hydrogen-bond acceptors (Lipinski definition) is 2. The van der Waals surface area contributed by atoms with Crippen LogP contribution in [0.5, 0.6) is 0 Å². The summed E-state index contributed by atoms with van der Waals surface area (Å²) in [5, 5.41) is 6.29. The summed E-state index contributed by atoms with van der Waals surface area (Å²) < 4.78 is 0. The molecule has 152 valence electrons. The van der Waals surface area contributed by atoms with Gasteiger partial charge in [-0.3, -0.25) is 9.79 Å². The number of guanidine groups is 1. The van der Waals surface area contributed by atoms with E-state index in [0.29, 0.717) is 13.0 Å². The van der Waals surface area contributed by atoms with Crippen LogP contribution in [-0.2, 0) is 11.2 Å². The second-order valence-electron chi connectivity index (χ2n) is 7.33. The van der Waals surface area contributed by atoms with Gasteiger partial charge in [-0.2, -0.15) is 0 Å². The van der Waals surface area contributed by atoms with Gasteiger partial charge in [0.15, 0.2) is 5.96 Å². The van der Waals surface area contributed by atoms with Crippen molar-refractivity contribution >= 4 is 35.8 Å². The summed E-state index contributed by atoms with van der Waals surface area (Å²) in [7, 11) is 0. The van der Waals surface area contributed by atoms with Crippen molar-refractivity contribution in [3.63, 3.8) is 0 Å². The van der Waals surface area contributed by atoms with Crippen LogP contribution >= 0.6 is 24.0 Å². The minimum atomic E-state index is 0. The van der Waals surface area contributed by atoms with E-state index in [1.807, 2.05) is 13.8 Å². The van der Waals surface area contributed by atoms with Crippen molar-refractivity contribution in [1.82, 2.24) is 15.5 Å². The summed E-state index contributed by atoms with van der Waals surface area (Å²) in [5.41, 5.74) is 1.43. The van der Waals surface area contributed by atoms with Crippen LogP contribution in [0.1, 0.15) is 45.6 Å². The normalized spacial score (nSPS) is 15.4. The lowest BCUT2D eigenvalue weighted by Crippen LogP contribution is -2.46. The molecule has 1 fully saturated rings. The predicted molar refractivity (Wildman–Crippen MR) is 124 cm³/mol. The first-order valence-corrected chi connectivity index (χ1v) is 9.95. The number of amides is 1. The molecule has 6 heteroatoms. The van der Waals surface area contributed by atoms with Crippen molar-refractivity contribution in [3.05, 3.63) is 35.9 Å². The Morgan fingerprint density at radius 2 is 1.89 bits per heavy atom. The number of piperidine rings is 1. The molecule has 1 aromatic rings. The summed E-state index contributed by atoms with van der Waals surface area (Å²) in [4.78, 5) is 18.8. The molecule has 1 amide bonds. The maximum absolute atomic E-state index is 11.8. The van der Waals surface area contributed by atoms with Crippen LogP contribution in [0.15, 0.2) is 35.3 Å². The largest absolute Gasteiger partial charge is 0.357 e. The molecule has 0 radical (unpaired) electrons. The Hall–Kier alpha value is -1.31. The molecule has 0 unspecified atom stereocenters. The second-order valence-corrected chi connectivity index (χ2v) is 7.33. The summed E-state index contributed by atoms with van der Waals surface area (Å²) >= 11 is 0. The maximum Gasteiger partial charge on any atom is 0.222 e. The molecule has 0 bridgehead atoms. The zero-order valence-corrected chi connectivity index (χ0v) is 19.2. The average Bonchev–Trinajstić information content (AvgIpc) is 2.62. The third-order valence-electron chi connectivity index (χ3n) is 4.67. The molecule has 1 aromatic carbocycles. The lowest BCUT2D eigenvalue weighted by molar-refractivity contribution is -0.121. The van der Waals surface area contributed by atoms with E-state index in [0.717, 1.165) is 37.9 Å². The van der Waals surface area contributed by atoms with Crippen molar-refractivity contribution < 1.29 is 4.79 Å². The quantitative estimate of drug-likeness (QED) is 0.353. The number of aliphatic imine (C=N–C) groups is 1. The molecular weight excluding hydrogens is 451 g/mol. The van der Waals surface area contributed by atoms with Crippen molar-refractivity contribution in [2.24, 2.45) is 10.9 Å². The molecular formula is C21H35IN4O. The van der Waals surface area contributed by atoms with Gasteiger partial charge in [0.2, 0.25) is 5.91 Å². The Morgan fingerprint density at radius 1 is 1.22 bits per heavy atom. The van der Waals surface area contributed by atoms with Gasteiger partial charge < -0.3 is 15.5 Å². The zero-order chi connectivity index (χ0) is 18.8. The van der Waals surface area contributed by atoms with Gasteiger partial charge in [0.1, 0.15) is 0 Å². The third kappa shape index (κ3) is 8.95. The van der Waals surface area contributed by atoms with Gasteiger partial charge in [-0.05, 0) is 51.5 Å². The SMILES string of the molecule is CCNC(=NCCC(=O)NC(C)C)N1CCC(Cc2ccccc2)CC1.I. The van der Waals surface area contributed by atoms with Crippen LogP contribution in [0.4, 0.5) is 0 Å². The first kappa shape index (κ1) is 23.7. The standard InChI is InChI=1S/C21H34N4O.HI/c1-4-22-21(23-13-10-20(26)24-17(2)3)25-14-11-19(12-15-25)16-18-8-6-5-7-9-18;/h5-9,17,19H,4,10-16H2,1-3H3,(H,22,23)(H,24,26);1H. The number of nitrogens with one attached hydrogen (secondary N) is 2. The smallest absolute Gasteiger partial charge is 0.222 e. The highest BCUT2D eigenvalue weighted by Crippen LogP contribution is 2.21. The molecule has 0 atom stereocenters. The Balaban J connectivity index is 0.00000364. The van der Waals surface area contributed by atoms with E-state index in [2.05, 4.69) is 57.8 Å². The third-order valence-corrected chi connectivity index (χ3v) is 4.67. The van der Waals surface area contributed by atoms with Gasteiger partial charge in [0.05, 0.1) is 6.54 Å². The first-order chi connectivity index (χ1) is 12.6. The van der Waals surface area contributed by atoms with E-state index >= 15 is 0 Å². The number of likely N-dealkylation sites (tertiary alicyclic amines) is 1. The Morgan fingerprint density at radius 3 is 2.48 bits per heavy atom. The van der Waals surface area contributed by atoms with Gasteiger partial charge in [0.25, 0.3) is 0 Å². The lowest BCUT2D eigenvalue weighted by atomic mass is 9.90. The molecule has 0 aliphatic carbocycles. The van der Waals surface area contributed by atoms with E-state index in [4.69, 9.17) is 0 Å². The monoisotopic (exact) mass is 486 g/mol. The molecule has 0 spiro atoms. The number of carbonyl (C=O) groups excluding carboxylic acids is 1. The second kappa shape index (κ2) is 13.0. The Labute approximate surface area is 181 Å². The number of rotatable bonds is 7. The summed E-state index contributed by atoms with van der Waals surface area (Å²) in [6.07, 6.45) is 3.98. The number of hydrogen-bond donors (Lipinski definition) is 2. The van der Waals surface area contributed by atoms with E-state index in [1.54, 1.807) is 0 Å². The maximum atomic E-state index is 11.8. The van der Waals surface area contributed by atoms with Crippen molar-refractivity contribution in [2.75, 3.05) is 26.2 Å². The number of benzene rings is 1. The van der Waals surface area contributed by atoms with Crippen LogP contribution < -0.4 is 10.6 Å². The Kier molecular flexibility index (Phi) is 11.4. The van der Waals surface area contributed by atoms with Crippen molar-refractivity contribution in [3.8, 4) is 0 Å². The Bertz CT molecular complexity index is 569. The van der Waals surface area contributed by atoms with Crippen LogP contribution in [-0.4, -0.2) is 49.0 Å². The van der Waals surface area contributed by atoms with Gasteiger partial charge in [-0.1, -0.05) is 30.3 Å². The lowest BCUT2D eigenvalue weighted by Gasteiger charge is -2.34. The fraction of sp³-hybridized carbons (Fsp3) is 0.619. The number of halogens is 1. The fourth-order valence-corrected chi connectivity index (χ4v) is 3.38. The molecule has 2 rings (SSSR count). The highest BCUT2D eigenvalue weighted by atomic mass is 127. The van der Waals surface area contributed by atoms with E-state index in [-0.39, 0.29) is 35.9 Å². The number of carbonyl (C=O) groups is 1. The zero-order valence-electron chi connectivity index (χ0n) is 16.9. The molecule has 1 aliphatic heterocycles. The molecule has 1 saturated heterocycles. The van der Waals surface area contributed by atoms with E-state index < -0.39 is 0 Å². The first-order valence-electron chi connectivity index (χ1n) is 9.95. The molecule has 2 N–H and O–H groups in total. The molecule has 0 saturated carbocycles. The fourth-order valence-electron chi connectivity index (χ4n) is 3.38. The van der Waals surface area contributed by atoms with Gasteiger partial charge in [0, 0.05) is 32.1 Å². The molecule has 27 heavy (non-hydrogen) atoms. The van der Waals surface area contributed by atoms with Crippen LogP contribution in [0, 0.1) is 5.92 Å². The summed E-state index contributed by atoms with van der Waals surface area (Å²) in [5.74, 6) is 1.76. The van der Waals surface area contributed by atoms with Crippen LogP contribution in [0.2, 0.25) is 0 Å². The van der Waals surface area contributed by atoms with E-state index in [1.165, 1.54) is 18.4 Å². The van der Waals surface area contributed by atoms with Crippen molar-refractivity contribution in [1.29, 1.82) is 0 Å². The highest BCUT2D eigenvalue weighted by molar-refractivity contribution is 14.0. The topological polar surface area (TPSA) is 56.7 Å². The molecule has 1 heterocycles. The van der Waals surface area contributed by atoms with E-state index in [9.17, 15) is 4.79 Å². The van der Waals surface area contributed by atoms with Gasteiger partial charge in [-0.15, -0.1) is 24.0 Å². The minimum absolute atomic E-state index is 0. The molecule has 0 aromatic heterocycles. The van der Waals surface area contributed by atoms with Gasteiger partial charge in [-0.25, -0.2) is 0 Å². The molecule has 5 nitrogen and oxygen atoms in total. The summed E-state index contributed by atoms with van der Waals surface area (Å²) in [6.45, 7) is 9.48. The summed E-state index contributed by atoms with van der Waals surface area (Å²) in [6, 6.07) is 10.9. The van der Waals surface area contributed by atoms with Crippen molar-refractivity contribution in [2.45, 2.75) is 52.5 Å². The van der Waals surface area contributed by atoms with Gasteiger partial charge >= 0.3 is 0 Å². The average molecular weight is 486 g/mol. The highest BCUT2D eigenvalue weighted by Gasteiger charge is 2.21. The minimum Gasteiger partial charge on any atom is -0.357 e. The molecule has 1 aliphatic rings. The van der Waals surface area contributed by atoms with Crippen LogP contribution in [0.3, 0.4) is 0 Å². The number of nitrogens with zero attached hydrogens (tertiary/aromatic N) is 2.